The highest BCUT2D eigenvalue weighted by Crippen LogP contribution is 2.30. The van der Waals surface area contributed by atoms with E-state index in [4.69, 9.17) is 4.74 Å². The molecule has 0 aromatic carbocycles. The first-order valence-corrected chi connectivity index (χ1v) is 9.11. The zero-order valence-electron chi connectivity index (χ0n) is 15.2. The first-order chi connectivity index (χ1) is 10.7. The highest BCUT2D eigenvalue weighted by molar-refractivity contribution is 5.68. The fourth-order valence-electron chi connectivity index (χ4n) is 3.83. The first kappa shape index (κ1) is 18.5. The molecule has 2 atom stereocenters. The molecule has 1 aliphatic heterocycles. The molecule has 0 bridgehead atoms. The van der Waals surface area contributed by atoms with Crippen LogP contribution in [0.5, 0.6) is 0 Å². The van der Waals surface area contributed by atoms with Gasteiger partial charge in [0.05, 0.1) is 5.60 Å². The Morgan fingerprint density at radius 2 is 1.96 bits per heavy atom. The van der Waals surface area contributed by atoms with E-state index in [9.17, 15) is 9.90 Å². The molecule has 0 radical (unpaired) electrons. The number of β-amino-alcohol motifs (C(OH)–C–C–N with tert-alkyl or cyclic N) is 1. The van der Waals surface area contributed by atoms with Gasteiger partial charge in [-0.2, -0.15) is 0 Å². The number of ether oxygens (including phenoxy) is 1. The molecule has 0 aromatic heterocycles. The molecule has 134 valence electrons. The molecule has 1 amide bonds. The number of piperidine rings is 1. The van der Waals surface area contributed by atoms with E-state index in [2.05, 4.69) is 17.1 Å². The summed E-state index contributed by atoms with van der Waals surface area (Å²) in [6, 6.07) is 0.155. The summed E-state index contributed by atoms with van der Waals surface area (Å²) in [6.07, 6.45) is 5.98. The number of alkyl carbamates (subject to hydrolysis) is 1. The molecule has 0 spiro atoms. The summed E-state index contributed by atoms with van der Waals surface area (Å²) in [4.78, 5) is 14.3. The number of nitrogens with one attached hydrogen (secondary N) is 1. The molecule has 0 aromatic rings. The fraction of sp³-hybridized carbons (Fsp3) is 0.944. The second-order valence-corrected chi connectivity index (χ2v) is 8.54. The first-order valence-electron chi connectivity index (χ1n) is 9.11. The lowest BCUT2D eigenvalue weighted by Gasteiger charge is -2.42. The number of carbonyl (C=O) groups is 1. The Kier molecular flexibility index (Phi) is 5.95. The molecule has 5 nitrogen and oxygen atoms in total. The van der Waals surface area contributed by atoms with Gasteiger partial charge in [-0.15, -0.1) is 0 Å². The summed E-state index contributed by atoms with van der Waals surface area (Å²) < 4.78 is 5.35. The smallest absolute Gasteiger partial charge is 0.407 e. The monoisotopic (exact) mass is 326 g/mol. The number of nitrogens with zero attached hydrogens (tertiary/aromatic N) is 1. The van der Waals surface area contributed by atoms with Gasteiger partial charge in [-0.1, -0.05) is 26.2 Å². The summed E-state index contributed by atoms with van der Waals surface area (Å²) in [5, 5.41) is 13.7. The lowest BCUT2D eigenvalue weighted by molar-refractivity contribution is -0.0367. The largest absolute Gasteiger partial charge is 0.444 e. The minimum Gasteiger partial charge on any atom is -0.444 e. The normalized spacial score (nSPS) is 29.1. The summed E-state index contributed by atoms with van der Waals surface area (Å²) in [5.74, 6) is 0.364. The van der Waals surface area contributed by atoms with E-state index in [1.165, 1.54) is 6.42 Å². The van der Waals surface area contributed by atoms with E-state index in [-0.39, 0.29) is 12.1 Å². The highest BCUT2D eigenvalue weighted by atomic mass is 16.6. The molecule has 1 heterocycles. The Morgan fingerprint density at radius 1 is 1.30 bits per heavy atom. The van der Waals surface area contributed by atoms with Gasteiger partial charge in [0.1, 0.15) is 5.60 Å². The Bertz CT molecular complexity index is 400. The van der Waals surface area contributed by atoms with Crippen molar-refractivity contribution in [3.8, 4) is 0 Å². The van der Waals surface area contributed by atoms with Gasteiger partial charge in [-0.25, -0.2) is 4.79 Å². The van der Waals surface area contributed by atoms with Gasteiger partial charge in [-0.05, 0) is 46.0 Å². The minimum atomic E-state index is -0.497. The van der Waals surface area contributed by atoms with Gasteiger partial charge in [0.2, 0.25) is 0 Å². The summed E-state index contributed by atoms with van der Waals surface area (Å²) >= 11 is 0. The zero-order chi connectivity index (χ0) is 17.1. The zero-order valence-corrected chi connectivity index (χ0v) is 15.2. The van der Waals surface area contributed by atoms with Crippen LogP contribution in [0.3, 0.4) is 0 Å². The Balaban J connectivity index is 1.79. The SMILES string of the molecule is CC1CN(CC2(O)CCCCC2)CCC1NC(=O)OC(C)(C)C. The summed E-state index contributed by atoms with van der Waals surface area (Å²) in [6.45, 7) is 10.4. The van der Waals surface area contributed by atoms with Crippen LogP contribution in [0.4, 0.5) is 4.79 Å². The van der Waals surface area contributed by atoms with E-state index in [1.54, 1.807) is 0 Å². The van der Waals surface area contributed by atoms with E-state index in [0.717, 1.165) is 51.7 Å². The van der Waals surface area contributed by atoms with Crippen LogP contribution >= 0.6 is 0 Å². The van der Waals surface area contributed by atoms with Crippen LogP contribution in [0.15, 0.2) is 0 Å². The molecular formula is C18H34N2O3. The van der Waals surface area contributed by atoms with E-state index in [0.29, 0.717) is 5.92 Å². The molecule has 2 N–H and O–H groups in total. The summed E-state index contributed by atoms with van der Waals surface area (Å²) in [7, 11) is 0. The van der Waals surface area contributed by atoms with Crippen LogP contribution in [-0.4, -0.2) is 53.0 Å². The number of hydrogen-bond acceptors (Lipinski definition) is 4. The Hall–Kier alpha value is -0.810. The van der Waals surface area contributed by atoms with Gasteiger partial charge in [0, 0.05) is 25.7 Å². The van der Waals surface area contributed by atoms with Crippen molar-refractivity contribution in [2.45, 2.75) is 83.5 Å². The van der Waals surface area contributed by atoms with Crippen LogP contribution in [0.2, 0.25) is 0 Å². The molecule has 5 heteroatoms. The highest BCUT2D eigenvalue weighted by Gasteiger charge is 2.35. The number of aliphatic hydroxyl groups is 1. The average Bonchev–Trinajstić information content (AvgIpc) is 2.40. The van der Waals surface area contributed by atoms with Crippen LogP contribution in [-0.2, 0) is 4.74 Å². The number of rotatable bonds is 3. The molecule has 2 aliphatic rings. The van der Waals surface area contributed by atoms with Crippen molar-refractivity contribution < 1.29 is 14.6 Å². The minimum absolute atomic E-state index is 0.155. The van der Waals surface area contributed by atoms with E-state index >= 15 is 0 Å². The maximum absolute atomic E-state index is 11.9. The van der Waals surface area contributed by atoms with Gasteiger partial charge >= 0.3 is 6.09 Å². The van der Waals surface area contributed by atoms with Crippen molar-refractivity contribution in [3.63, 3.8) is 0 Å². The van der Waals surface area contributed by atoms with E-state index < -0.39 is 11.2 Å². The third kappa shape index (κ3) is 5.96. The molecule has 2 unspecified atom stereocenters. The van der Waals surface area contributed by atoms with Crippen molar-refractivity contribution in [2.24, 2.45) is 5.92 Å². The van der Waals surface area contributed by atoms with Gasteiger partial charge < -0.3 is 20.1 Å². The van der Waals surface area contributed by atoms with Crippen LogP contribution in [0.25, 0.3) is 0 Å². The third-order valence-electron chi connectivity index (χ3n) is 4.99. The number of carbonyl (C=O) groups excluding carboxylic acids is 1. The van der Waals surface area contributed by atoms with Crippen molar-refractivity contribution in [1.29, 1.82) is 0 Å². The molecular weight excluding hydrogens is 292 g/mol. The fourth-order valence-corrected chi connectivity index (χ4v) is 3.83. The van der Waals surface area contributed by atoms with Crippen LogP contribution in [0, 0.1) is 5.92 Å². The molecule has 23 heavy (non-hydrogen) atoms. The number of likely N-dealkylation sites (tertiary alicyclic amines) is 1. The van der Waals surface area contributed by atoms with Gasteiger partial charge in [0.25, 0.3) is 0 Å². The van der Waals surface area contributed by atoms with Gasteiger partial charge in [-0.3, -0.25) is 0 Å². The van der Waals surface area contributed by atoms with Crippen LogP contribution in [0.1, 0.15) is 66.2 Å². The third-order valence-corrected chi connectivity index (χ3v) is 4.99. The topological polar surface area (TPSA) is 61.8 Å². The Labute approximate surface area is 140 Å². The van der Waals surface area contributed by atoms with Crippen LogP contribution < -0.4 is 5.32 Å². The second kappa shape index (κ2) is 7.39. The van der Waals surface area contributed by atoms with Crippen molar-refractivity contribution >= 4 is 6.09 Å². The summed E-state index contributed by atoms with van der Waals surface area (Å²) in [5.41, 5.74) is -0.957. The predicted octanol–water partition coefficient (Wildman–Crippen LogP) is 2.92. The molecule has 1 aliphatic carbocycles. The molecule has 2 rings (SSSR count). The molecule has 1 saturated carbocycles. The maximum Gasteiger partial charge on any atom is 0.407 e. The maximum atomic E-state index is 11.9. The van der Waals surface area contributed by atoms with Crippen molar-refractivity contribution in [3.05, 3.63) is 0 Å². The van der Waals surface area contributed by atoms with E-state index in [1.807, 2.05) is 20.8 Å². The Morgan fingerprint density at radius 3 is 2.52 bits per heavy atom. The molecule has 2 fully saturated rings. The quantitative estimate of drug-likeness (QED) is 0.837. The number of amides is 1. The molecule has 1 saturated heterocycles. The second-order valence-electron chi connectivity index (χ2n) is 8.54. The average molecular weight is 326 g/mol. The van der Waals surface area contributed by atoms with Crippen molar-refractivity contribution in [1.82, 2.24) is 10.2 Å². The lowest BCUT2D eigenvalue weighted by atomic mass is 9.83. The number of hydrogen-bond donors (Lipinski definition) is 2. The van der Waals surface area contributed by atoms with Crippen molar-refractivity contribution in [2.75, 3.05) is 19.6 Å². The van der Waals surface area contributed by atoms with Gasteiger partial charge in [0.15, 0.2) is 0 Å². The predicted molar refractivity (Wildman–Crippen MR) is 91.4 cm³/mol. The standard InChI is InChI=1S/C18H34N2O3/c1-14-12-20(13-18(22)9-6-5-7-10-18)11-8-15(14)19-16(21)23-17(2,3)4/h14-15,22H,5-13H2,1-4H3,(H,19,21). The lowest BCUT2D eigenvalue weighted by Crippen LogP contribution is -2.54.